The summed E-state index contributed by atoms with van der Waals surface area (Å²) in [7, 11) is 0. The van der Waals surface area contributed by atoms with Crippen LogP contribution in [-0.4, -0.2) is 42.8 Å². The van der Waals surface area contributed by atoms with Crippen molar-refractivity contribution < 1.29 is 19.3 Å². The second-order valence-corrected chi connectivity index (χ2v) is 7.90. The first-order valence-electron chi connectivity index (χ1n) is 11.9. The molecule has 0 aliphatic heterocycles. The van der Waals surface area contributed by atoms with E-state index in [9.17, 15) is 20.2 Å². The highest BCUT2D eigenvalue weighted by atomic mass is 16.6. The van der Waals surface area contributed by atoms with Gasteiger partial charge in [-0.25, -0.2) is 0 Å². The van der Waals surface area contributed by atoms with Crippen LogP contribution in [0.2, 0.25) is 0 Å². The largest absolute Gasteiger partial charge is 0.379 e. The van der Waals surface area contributed by atoms with Crippen molar-refractivity contribution in [3.05, 3.63) is 38.4 Å². The number of hydrogen-bond acceptors (Lipinski definition) is 7. The lowest BCUT2D eigenvalue weighted by molar-refractivity contribution is -0.393. The number of hydrogen-bond donors (Lipinski definition) is 1. The molecule has 182 valence electrons. The van der Waals surface area contributed by atoms with Gasteiger partial charge in [-0.15, -0.1) is 0 Å². The first kappa shape index (κ1) is 27.8. The van der Waals surface area contributed by atoms with Crippen molar-refractivity contribution in [2.24, 2.45) is 0 Å². The molecule has 1 N–H and O–H groups in total. The van der Waals surface area contributed by atoms with Crippen molar-refractivity contribution in [2.45, 2.75) is 77.6 Å². The van der Waals surface area contributed by atoms with Crippen molar-refractivity contribution in [3.63, 3.8) is 0 Å². The number of rotatable bonds is 21. The molecular weight excluding hydrogens is 414 g/mol. The van der Waals surface area contributed by atoms with E-state index >= 15 is 0 Å². The molecule has 0 amide bonds. The maximum absolute atomic E-state index is 11.1. The second kappa shape index (κ2) is 18.3. The molecule has 32 heavy (non-hydrogen) atoms. The summed E-state index contributed by atoms with van der Waals surface area (Å²) in [5.74, 6) is 0. The van der Waals surface area contributed by atoms with E-state index in [-0.39, 0.29) is 17.1 Å². The highest BCUT2D eigenvalue weighted by Gasteiger charge is 2.18. The van der Waals surface area contributed by atoms with E-state index in [4.69, 9.17) is 9.47 Å². The molecule has 9 heteroatoms. The van der Waals surface area contributed by atoms with Gasteiger partial charge in [0.25, 0.3) is 11.4 Å². The molecule has 0 aliphatic rings. The minimum Gasteiger partial charge on any atom is -0.379 e. The number of benzene rings is 1. The minimum atomic E-state index is -0.656. The molecule has 0 aliphatic carbocycles. The summed E-state index contributed by atoms with van der Waals surface area (Å²) < 4.78 is 11.0. The van der Waals surface area contributed by atoms with E-state index in [1.54, 1.807) is 0 Å². The van der Waals surface area contributed by atoms with Crippen molar-refractivity contribution >= 4 is 17.1 Å². The lowest BCUT2D eigenvalue weighted by Gasteiger charge is -2.08. The monoisotopic (exact) mass is 453 g/mol. The molecule has 0 radical (unpaired) electrons. The maximum atomic E-state index is 11.1. The Kier molecular flexibility index (Phi) is 15.9. The summed E-state index contributed by atoms with van der Waals surface area (Å²) in [4.78, 5) is 20.5. The highest BCUT2D eigenvalue weighted by Crippen LogP contribution is 2.28. The molecule has 0 fully saturated rings. The fourth-order valence-electron chi connectivity index (χ4n) is 3.38. The Morgan fingerprint density at radius 1 is 0.750 bits per heavy atom. The number of nitrogens with zero attached hydrogens (tertiary/aromatic N) is 2. The summed E-state index contributed by atoms with van der Waals surface area (Å²) in [6.07, 6.45) is 14.4. The van der Waals surface area contributed by atoms with Gasteiger partial charge in [0.1, 0.15) is 5.69 Å². The first-order valence-corrected chi connectivity index (χ1v) is 11.9. The van der Waals surface area contributed by atoms with Gasteiger partial charge in [-0.05, 0) is 12.5 Å². The lowest BCUT2D eigenvalue weighted by atomic mass is 10.1. The van der Waals surface area contributed by atoms with Gasteiger partial charge >= 0.3 is 0 Å². The Morgan fingerprint density at radius 3 is 1.88 bits per heavy atom. The number of anilines is 1. The molecule has 9 nitrogen and oxygen atoms in total. The zero-order chi connectivity index (χ0) is 23.4. The molecule has 0 unspecified atom stereocenters. The van der Waals surface area contributed by atoms with Crippen LogP contribution in [0.15, 0.2) is 18.2 Å². The van der Waals surface area contributed by atoms with Crippen LogP contribution in [0.4, 0.5) is 17.1 Å². The van der Waals surface area contributed by atoms with Gasteiger partial charge in [0.2, 0.25) is 0 Å². The minimum absolute atomic E-state index is 0.233. The standard InChI is InChI=1S/C23H39N3O6/c1-2-3-4-5-6-7-8-9-10-11-12-16-31-18-19-32-17-15-24-22-14-13-21(25(27)28)20-23(22)26(29)30/h13-14,20,24H,2-12,15-19H2,1H3. The van der Waals surface area contributed by atoms with Gasteiger partial charge in [0.05, 0.1) is 35.7 Å². The normalized spacial score (nSPS) is 10.9. The summed E-state index contributed by atoms with van der Waals surface area (Å²) in [5, 5.41) is 24.7. The predicted molar refractivity (Wildman–Crippen MR) is 126 cm³/mol. The zero-order valence-electron chi connectivity index (χ0n) is 19.4. The topological polar surface area (TPSA) is 117 Å². The van der Waals surface area contributed by atoms with E-state index in [2.05, 4.69) is 12.2 Å². The molecule has 0 aromatic heterocycles. The Labute approximate surface area is 191 Å². The maximum Gasteiger partial charge on any atom is 0.299 e. The third-order valence-electron chi connectivity index (χ3n) is 5.21. The summed E-state index contributed by atoms with van der Waals surface area (Å²) in [5.41, 5.74) is -0.403. The lowest BCUT2D eigenvalue weighted by Crippen LogP contribution is -2.13. The molecule has 1 aromatic carbocycles. The fraction of sp³-hybridized carbons (Fsp3) is 0.739. The number of non-ortho nitro benzene ring substituents is 1. The van der Waals surface area contributed by atoms with Crippen LogP contribution in [0, 0.1) is 20.2 Å². The van der Waals surface area contributed by atoms with Gasteiger partial charge in [0, 0.05) is 19.2 Å². The van der Waals surface area contributed by atoms with E-state index in [0.29, 0.717) is 26.4 Å². The molecule has 1 aromatic rings. The number of nitrogens with one attached hydrogen (secondary N) is 1. The number of nitro groups is 2. The van der Waals surface area contributed by atoms with Crippen LogP contribution in [0.25, 0.3) is 0 Å². The van der Waals surface area contributed by atoms with Gasteiger partial charge in [-0.3, -0.25) is 20.2 Å². The van der Waals surface area contributed by atoms with Crippen molar-refractivity contribution in [1.82, 2.24) is 0 Å². The van der Waals surface area contributed by atoms with Crippen LogP contribution in [0.3, 0.4) is 0 Å². The van der Waals surface area contributed by atoms with Gasteiger partial charge in [0.15, 0.2) is 0 Å². The number of unbranched alkanes of at least 4 members (excludes halogenated alkanes) is 10. The van der Waals surface area contributed by atoms with Crippen LogP contribution >= 0.6 is 0 Å². The predicted octanol–water partition coefficient (Wildman–Crippen LogP) is 6.26. The first-order chi connectivity index (χ1) is 15.6. The molecular formula is C23H39N3O6. The quantitative estimate of drug-likeness (QED) is 0.133. The van der Waals surface area contributed by atoms with Crippen LogP contribution in [0.5, 0.6) is 0 Å². The average Bonchev–Trinajstić information content (AvgIpc) is 2.78. The van der Waals surface area contributed by atoms with E-state index in [1.807, 2.05) is 0 Å². The summed E-state index contributed by atoms with van der Waals surface area (Å²) in [6, 6.07) is 3.53. The third-order valence-corrected chi connectivity index (χ3v) is 5.21. The van der Waals surface area contributed by atoms with Crippen molar-refractivity contribution in [2.75, 3.05) is 38.3 Å². The second-order valence-electron chi connectivity index (χ2n) is 7.90. The molecule has 0 atom stereocenters. The Balaban J connectivity index is 1.94. The smallest absolute Gasteiger partial charge is 0.299 e. The molecule has 0 heterocycles. The fourth-order valence-corrected chi connectivity index (χ4v) is 3.38. The Hall–Kier alpha value is -2.26. The molecule has 0 saturated carbocycles. The number of nitro benzene ring substituents is 2. The van der Waals surface area contributed by atoms with Crippen LogP contribution < -0.4 is 5.32 Å². The van der Waals surface area contributed by atoms with Gasteiger partial charge in [-0.2, -0.15) is 0 Å². The van der Waals surface area contributed by atoms with Gasteiger partial charge < -0.3 is 14.8 Å². The third kappa shape index (κ3) is 13.2. The molecule has 0 bridgehead atoms. The van der Waals surface area contributed by atoms with E-state index < -0.39 is 9.85 Å². The summed E-state index contributed by atoms with van der Waals surface area (Å²) >= 11 is 0. The Morgan fingerprint density at radius 2 is 1.31 bits per heavy atom. The van der Waals surface area contributed by atoms with Crippen molar-refractivity contribution in [1.29, 1.82) is 0 Å². The van der Waals surface area contributed by atoms with Crippen molar-refractivity contribution in [3.8, 4) is 0 Å². The zero-order valence-corrected chi connectivity index (χ0v) is 19.4. The van der Waals surface area contributed by atoms with Crippen LogP contribution in [-0.2, 0) is 9.47 Å². The average molecular weight is 454 g/mol. The Bertz CT molecular complexity index is 657. The van der Waals surface area contributed by atoms with E-state index in [0.717, 1.165) is 19.1 Å². The van der Waals surface area contributed by atoms with Gasteiger partial charge in [-0.1, -0.05) is 71.1 Å². The number of ether oxygens (including phenoxy) is 2. The molecule has 0 spiro atoms. The SMILES string of the molecule is CCCCCCCCCCCCCOCCOCCNc1ccc([N+](=O)[O-])cc1[N+](=O)[O-]. The molecule has 0 saturated heterocycles. The highest BCUT2D eigenvalue weighted by molar-refractivity contribution is 5.65. The van der Waals surface area contributed by atoms with E-state index in [1.165, 1.54) is 76.3 Å². The summed E-state index contributed by atoms with van der Waals surface area (Å²) in [6.45, 7) is 4.69. The van der Waals surface area contributed by atoms with Crippen LogP contribution in [0.1, 0.15) is 77.6 Å². The molecule has 1 rings (SSSR count).